The van der Waals surface area contributed by atoms with Gasteiger partial charge in [-0.25, -0.2) is 0 Å². The van der Waals surface area contributed by atoms with E-state index in [2.05, 4.69) is 0 Å². The Morgan fingerprint density at radius 1 is 0.800 bits per heavy atom. The van der Waals surface area contributed by atoms with Crippen molar-refractivity contribution in [2.75, 3.05) is 5.73 Å². The van der Waals surface area contributed by atoms with Crippen LogP contribution < -0.4 is 5.73 Å². The van der Waals surface area contributed by atoms with Gasteiger partial charge in [0.05, 0.1) is 0 Å². The van der Waals surface area contributed by atoms with Crippen molar-refractivity contribution in [3.8, 4) is 0 Å². The molecule has 2 nitrogen and oxygen atoms in total. The number of hydrogen-bond acceptors (Lipinski definition) is 2. The summed E-state index contributed by atoms with van der Waals surface area (Å²) in [6.45, 7) is 0. The molecule has 0 aromatic heterocycles. The second-order valence-electron chi connectivity index (χ2n) is 3.15. The standard InChI is InChI=1S/C12H11NOS/c13-10-6-8-12(9-7-10)15(14)11-4-2-1-3-5-11/h1-9H,13H2. The van der Waals surface area contributed by atoms with E-state index in [1.54, 1.807) is 24.3 Å². The molecular weight excluding hydrogens is 206 g/mol. The smallest absolute Gasteiger partial charge is 0.158 e. The summed E-state index contributed by atoms with van der Waals surface area (Å²) < 4.78 is 12.0. The molecule has 0 spiro atoms. The second kappa shape index (κ2) is 4.38. The molecule has 0 fully saturated rings. The van der Waals surface area contributed by atoms with Crippen molar-refractivity contribution in [3.05, 3.63) is 54.6 Å². The molecule has 0 bridgehead atoms. The van der Waals surface area contributed by atoms with E-state index in [9.17, 15) is 4.55 Å². The molecule has 1 atom stereocenters. The van der Waals surface area contributed by atoms with Crippen LogP contribution in [0.5, 0.6) is 0 Å². The fraction of sp³-hybridized carbons (Fsp3) is 0. The third kappa shape index (κ3) is 2.32. The van der Waals surface area contributed by atoms with Crippen molar-refractivity contribution < 1.29 is 4.55 Å². The minimum atomic E-state index is -1.11. The normalized spacial score (nSPS) is 12.3. The van der Waals surface area contributed by atoms with E-state index < -0.39 is 11.2 Å². The van der Waals surface area contributed by atoms with Crippen molar-refractivity contribution in [3.63, 3.8) is 0 Å². The molecule has 2 aromatic rings. The van der Waals surface area contributed by atoms with Gasteiger partial charge < -0.3 is 10.3 Å². The fourth-order valence-corrected chi connectivity index (χ4v) is 2.33. The van der Waals surface area contributed by atoms with Crippen LogP contribution in [-0.2, 0) is 11.2 Å². The molecule has 0 aliphatic carbocycles. The van der Waals surface area contributed by atoms with E-state index in [1.165, 1.54) is 0 Å². The maximum absolute atomic E-state index is 12.0. The summed E-state index contributed by atoms with van der Waals surface area (Å²) in [7, 11) is 0. The Hall–Kier alpha value is -1.45. The van der Waals surface area contributed by atoms with Crippen molar-refractivity contribution in [2.45, 2.75) is 9.79 Å². The SMILES string of the molecule is Nc1ccc([S+]([O-])c2ccccc2)cc1. The highest BCUT2D eigenvalue weighted by Gasteiger charge is 2.13. The summed E-state index contributed by atoms with van der Waals surface area (Å²) in [4.78, 5) is 1.58. The predicted octanol–water partition coefficient (Wildman–Crippen LogP) is 2.44. The Bertz CT molecular complexity index is 427. The maximum atomic E-state index is 12.0. The van der Waals surface area contributed by atoms with Crippen LogP contribution in [0.4, 0.5) is 5.69 Å². The van der Waals surface area contributed by atoms with Gasteiger partial charge in [0.15, 0.2) is 9.79 Å². The average molecular weight is 217 g/mol. The first-order chi connectivity index (χ1) is 7.27. The first kappa shape index (κ1) is 10.1. The molecule has 15 heavy (non-hydrogen) atoms. The van der Waals surface area contributed by atoms with Gasteiger partial charge in [0.25, 0.3) is 0 Å². The van der Waals surface area contributed by atoms with Crippen LogP contribution in [0.3, 0.4) is 0 Å². The van der Waals surface area contributed by atoms with Gasteiger partial charge >= 0.3 is 0 Å². The lowest BCUT2D eigenvalue weighted by Crippen LogP contribution is -2.01. The maximum Gasteiger partial charge on any atom is 0.158 e. The van der Waals surface area contributed by atoms with Gasteiger partial charge in [0.2, 0.25) is 0 Å². The van der Waals surface area contributed by atoms with Crippen molar-refractivity contribution in [1.82, 2.24) is 0 Å². The van der Waals surface area contributed by atoms with E-state index in [0.29, 0.717) is 5.69 Å². The summed E-state index contributed by atoms with van der Waals surface area (Å²) in [6, 6.07) is 16.5. The van der Waals surface area contributed by atoms with Crippen molar-refractivity contribution >= 4 is 16.9 Å². The Balaban J connectivity index is 2.29. The number of hydrogen-bond donors (Lipinski definition) is 1. The molecule has 0 saturated heterocycles. The molecule has 2 aromatic carbocycles. The van der Waals surface area contributed by atoms with Gasteiger partial charge in [-0.05, 0) is 36.4 Å². The number of nitrogens with two attached hydrogens (primary N) is 1. The quantitative estimate of drug-likeness (QED) is 0.620. The van der Waals surface area contributed by atoms with Crippen LogP contribution in [0.15, 0.2) is 64.4 Å². The molecule has 2 N–H and O–H groups in total. The Kier molecular flexibility index (Phi) is 2.94. The van der Waals surface area contributed by atoms with Crippen LogP contribution in [0, 0.1) is 0 Å². The minimum absolute atomic E-state index is 0.684. The monoisotopic (exact) mass is 217 g/mol. The molecule has 0 aliphatic heterocycles. The summed E-state index contributed by atoms with van der Waals surface area (Å²) in [5.74, 6) is 0. The molecule has 2 rings (SSSR count). The van der Waals surface area contributed by atoms with Gasteiger partial charge in [-0.1, -0.05) is 18.2 Å². The third-order valence-corrected chi connectivity index (χ3v) is 3.45. The predicted molar refractivity (Wildman–Crippen MR) is 62.0 cm³/mol. The van der Waals surface area contributed by atoms with Gasteiger partial charge in [-0.15, -0.1) is 0 Å². The average Bonchev–Trinajstić information content (AvgIpc) is 2.30. The third-order valence-electron chi connectivity index (χ3n) is 2.05. The Morgan fingerprint density at radius 3 is 1.93 bits per heavy atom. The molecule has 76 valence electrons. The van der Waals surface area contributed by atoms with Gasteiger partial charge in [0, 0.05) is 16.9 Å². The first-order valence-electron chi connectivity index (χ1n) is 4.60. The highest BCUT2D eigenvalue weighted by molar-refractivity contribution is 7.91. The number of nitrogen functional groups attached to an aromatic ring is 1. The zero-order valence-electron chi connectivity index (χ0n) is 8.09. The van der Waals surface area contributed by atoms with Crippen molar-refractivity contribution in [1.29, 1.82) is 0 Å². The van der Waals surface area contributed by atoms with E-state index >= 15 is 0 Å². The largest absolute Gasteiger partial charge is 0.606 e. The van der Waals surface area contributed by atoms with Crippen molar-refractivity contribution in [2.24, 2.45) is 0 Å². The number of rotatable bonds is 2. The van der Waals surface area contributed by atoms with Gasteiger partial charge in [-0.3, -0.25) is 0 Å². The van der Waals surface area contributed by atoms with E-state index in [1.807, 2.05) is 30.3 Å². The summed E-state index contributed by atoms with van der Waals surface area (Å²) in [5.41, 5.74) is 6.25. The Labute approximate surface area is 91.9 Å². The highest BCUT2D eigenvalue weighted by atomic mass is 32.2. The van der Waals surface area contributed by atoms with E-state index in [4.69, 9.17) is 5.73 Å². The lowest BCUT2D eigenvalue weighted by molar-refractivity contribution is 0.595. The van der Waals surface area contributed by atoms with Gasteiger partial charge in [0.1, 0.15) is 0 Å². The minimum Gasteiger partial charge on any atom is -0.606 e. The number of benzene rings is 2. The summed E-state index contributed by atoms with van der Waals surface area (Å²) in [5, 5.41) is 0. The highest BCUT2D eigenvalue weighted by Crippen LogP contribution is 2.20. The topological polar surface area (TPSA) is 49.1 Å². The summed E-state index contributed by atoms with van der Waals surface area (Å²) >= 11 is -1.11. The van der Waals surface area contributed by atoms with E-state index in [-0.39, 0.29) is 0 Å². The molecule has 0 aliphatic rings. The van der Waals surface area contributed by atoms with Gasteiger partial charge in [-0.2, -0.15) is 0 Å². The van der Waals surface area contributed by atoms with Crippen LogP contribution in [0.25, 0.3) is 0 Å². The van der Waals surface area contributed by atoms with Crippen LogP contribution in [0.2, 0.25) is 0 Å². The first-order valence-corrected chi connectivity index (χ1v) is 5.75. The lowest BCUT2D eigenvalue weighted by atomic mass is 10.3. The Morgan fingerprint density at radius 2 is 1.33 bits per heavy atom. The molecular formula is C12H11NOS. The molecule has 3 heteroatoms. The molecule has 0 heterocycles. The molecule has 0 saturated carbocycles. The zero-order valence-corrected chi connectivity index (χ0v) is 8.91. The molecule has 0 radical (unpaired) electrons. The number of anilines is 1. The lowest BCUT2D eigenvalue weighted by Gasteiger charge is -2.09. The summed E-state index contributed by atoms with van der Waals surface area (Å²) in [6.07, 6.45) is 0. The van der Waals surface area contributed by atoms with Crippen LogP contribution in [0.1, 0.15) is 0 Å². The fourth-order valence-electron chi connectivity index (χ4n) is 1.27. The van der Waals surface area contributed by atoms with Crippen LogP contribution >= 0.6 is 0 Å². The molecule has 0 amide bonds. The van der Waals surface area contributed by atoms with E-state index in [0.717, 1.165) is 9.79 Å². The molecule has 1 unspecified atom stereocenters. The second-order valence-corrected chi connectivity index (χ2v) is 4.63. The van der Waals surface area contributed by atoms with Crippen LogP contribution in [-0.4, -0.2) is 4.55 Å². The zero-order chi connectivity index (χ0) is 10.7.